The molecule has 0 unspecified atom stereocenters. The van der Waals surface area contributed by atoms with Crippen molar-refractivity contribution in [1.29, 1.82) is 0 Å². The molecule has 9 heteroatoms. The van der Waals surface area contributed by atoms with Crippen molar-refractivity contribution >= 4 is 27.5 Å². The Morgan fingerprint density at radius 2 is 2.00 bits per heavy atom. The van der Waals surface area contributed by atoms with Crippen LogP contribution in [-0.2, 0) is 29.5 Å². The molecule has 0 amide bonds. The van der Waals surface area contributed by atoms with Crippen LogP contribution in [0.15, 0.2) is 60.2 Å². The summed E-state index contributed by atoms with van der Waals surface area (Å²) in [5.41, 5.74) is 1.93. The zero-order chi connectivity index (χ0) is 21.6. The summed E-state index contributed by atoms with van der Waals surface area (Å²) in [6.07, 6.45) is -2.63. The fraction of sp³-hybridized carbons (Fsp3) is 0.118. The third-order valence-corrected chi connectivity index (χ3v) is 4.42. The number of rotatable bonds is 5. The molecule has 3 rings (SSSR count). The van der Waals surface area contributed by atoms with Crippen molar-refractivity contribution in [1.82, 2.24) is 0 Å². The van der Waals surface area contributed by atoms with Gasteiger partial charge in [-0.3, -0.25) is 4.79 Å². The number of ketones is 1. The van der Waals surface area contributed by atoms with Crippen LogP contribution in [0.2, 0.25) is 5.02 Å². The number of Topliss-reactive ketones (excluding diaryl/α,β-unsaturated/α-hetero) is 1. The van der Waals surface area contributed by atoms with Crippen LogP contribution in [0.1, 0.15) is 21.3 Å². The maximum absolute atomic E-state index is 13.7. The Balaban J connectivity index is 1.95. The smallest absolute Gasteiger partial charge is 0.313 e. The summed E-state index contributed by atoms with van der Waals surface area (Å²) in [4.78, 5) is 12.7. The number of carbonyl (C=O) groups is 1. The minimum Gasteiger partial charge on any atom is -0.460 e. The van der Waals surface area contributed by atoms with Crippen molar-refractivity contribution in [3.05, 3.63) is 82.1 Å². The number of nitrogens with two attached hydrogens (primary N) is 1. The van der Waals surface area contributed by atoms with Gasteiger partial charge in [-0.1, -0.05) is 48.0 Å². The number of hydrogen-bond acceptors (Lipinski definition) is 6. The maximum Gasteiger partial charge on any atom is 0.313 e. The Morgan fingerprint density at radius 1 is 1.31 bits per heavy atom. The highest BCUT2D eigenvalue weighted by Crippen LogP contribution is 2.33. The first-order chi connectivity index (χ1) is 13.4. The number of benzene rings is 2. The monoisotopic (exact) mass is 400 g/mol. The normalized spacial score (nSPS) is 22.4. The highest BCUT2D eigenvalue weighted by Gasteiger charge is 2.39. The van der Waals surface area contributed by atoms with E-state index in [0.29, 0.717) is 0 Å². The molecule has 1 atom stereocenters. The van der Waals surface area contributed by atoms with Crippen molar-refractivity contribution in [3.8, 4) is 0 Å². The Hall–Kier alpha value is -2.58. The van der Waals surface area contributed by atoms with Crippen molar-refractivity contribution < 1.29 is 30.6 Å². The van der Waals surface area contributed by atoms with Gasteiger partial charge in [0.2, 0.25) is 17.4 Å². The van der Waals surface area contributed by atoms with E-state index in [4.69, 9.17) is 26.2 Å². The van der Waals surface area contributed by atoms with Gasteiger partial charge >= 0.3 is 10.1 Å². The van der Waals surface area contributed by atoms with E-state index in [1.54, 1.807) is 6.07 Å². The zero-order valence-corrected chi connectivity index (χ0v) is 14.5. The lowest BCUT2D eigenvalue weighted by Gasteiger charge is -2.10. The van der Waals surface area contributed by atoms with Gasteiger partial charge in [0.15, 0.2) is 6.08 Å². The standard InChI is InChI=1S/C17H13ClFNO5S/c18-12-7-6-11(8-13(12)19)15-14(21)16(17(20)24-15)25-26(22,23)9-10-4-2-1-3-5-10/h1-8,15H,9,20H2/t15-/m1/s1/i9D2,15D. The van der Waals surface area contributed by atoms with Crippen LogP contribution in [-0.4, -0.2) is 14.2 Å². The predicted molar refractivity (Wildman–Crippen MR) is 91.6 cm³/mol. The Labute approximate surface area is 158 Å². The molecule has 0 spiro atoms. The third-order valence-electron chi connectivity index (χ3n) is 3.24. The van der Waals surface area contributed by atoms with Crippen molar-refractivity contribution in [2.75, 3.05) is 0 Å². The fourth-order valence-corrected chi connectivity index (χ4v) is 3.07. The SMILES string of the molecule is [2H]C([2H])(c1ccccc1)S(=O)(=O)OC1=C(N)O[C@]([2H])(c2ccc(Cl)c(F)c2)C1=O. The van der Waals surface area contributed by atoms with Crippen molar-refractivity contribution in [3.63, 3.8) is 0 Å². The molecule has 1 aliphatic rings. The lowest BCUT2D eigenvalue weighted by atomic mass is 10.1. The molecular formula is C17H13ClFNO5S. The van der Waals surface area contributed by atoms with Gasteiger partial charge in [-0.05, 0) is 17.7 Å². The molecule has 1 heterocycles. The number of ether oxygens (including phenoxy) is 1. The van der Waals surface area contributed by atoms with Crippen molar-refractivity contribution in [2.45, 2.75) is 11.8 Å². The van der Waals surface area contributed by atoms with Gasteiger partial charge in [0.05, 0.1) is 9.13 Å². The molecule has 0 saturated heterocycles. The van der Waals surface area contributed by atoms with Gasteiger partial charge in [0.1, 0.15) is 11.5 Å². The summed E-state index contributed by atoms with van der Waals surface area (Å²) in [5, 5.41) is -0.265. The van der Waals surface area contributed by atoms with Gasteiger partial charge < -0.3 is 14.7 Å². The molecule has 0 aliphatic carbocycles. The molecule has 6 nitrogen and oxygen atoms in total. The van der Waals surface area contributed by atoms with Gasteiger partial charge in [0.25, 0.3) is 0 Å². The molecule has 0 radical (unpaired) electrons. The summed E-state index contributed by atoms with van der Waals surface area (Å²) in [7, 11) is -5.09. The Bertz CT molecular complexity index is 1130. The molecule has 136 valence electrons. The van der Waals surface area contributed by atoms with E-state index in [-0.39, 0.29) is 16.1 Å². The molecule has 0 fully saturated rings. The lowest BCUT2D eigenvalue weighted by Crippen LogP contribution is -2.16. The number of halogens is 2. The summed E-state index contributed by atoms with van der Waals surface area (Å²) < 4.78 is 72.4. The van der Waals surface area contributed by atoms with Crippen LogP contribution < -0.4 is 5.73 Å². The van der Waals surface area contributed by atoms with Gasteiger partial charge in [-0.15, -0.1) is 0 Å². The van der Waals surface area contributed by atoms with Crippen LogP contribution >= 0.6 is 11.6 Å². The van der Waals surface area contributed by atoms with Crippen LogP contribution in [0.4, 0.5) is 4.39 Å². The second kappa shape index (κ2) is 6.97. The van der Waals surface area contributed by atoms with E-state index in [9.17, 15) is 17.6 Å². The summed E-state index contributed by atoms with van der Waals surface area (Å²) >= 11 is 5.58. The van der Waals surface area contributed by atoms with Crippen molar-refractivity contribution in [2.24, 2.45) is 5.73 Å². The second-order valence-corrected chi connectivity index (χ2v) is 6.77. The van der Waals surface area contributed by atoms with Gasteiger partial charge in [0, 0.05) is 5.56 Å². The topological polar surface area (TPSA) is 95.7 Å². The highest BCUT2D eigenvalue weighted by molar-refractivity contribution is 7.86. The third kappa shape index (κ3) is 3.81. The van der Waals surface area contributed by atoms with Gasteiger partial charge in [-0.25, -0.2) is 4.39 Å². The molecule has 2 aromatic carbocycles. The quantitative estimate of drug-likeness (QED) is 0.775. The molecule has 0 aromatic heterocycles. The molecule has 1 aliphatic heterocycles. The predicted octanol–water partition coefficient (Wildman–Crippen LogP) is 2.79. The largest absolute Gasteiger partial charge is 0.460 e. The Morgan fingerprint density at radius 3 is 2.65 bits per heavy atom. The first-order valence-electron chi connectivity index (χ1n) is 8.59. The minimum absolute atomic E-state index is 0.248. The Kier molecular flexibility index (Phi) is 3.91. The average Bonchev–Trinajstić information content (AvgIpc) is 2.88. The highest BCUT2D eigenvalue weighted by atomic mass is 35.5. The molecule has 0 saturated carbocycles. The van der Waals surface area contributed by atoms with Crippen LogP contribution in [0.25, 0.3) is 0 Å². The summed E-state index contributed by atoms with van der Waals surface area (Å²) in [5.74, 6) is -4.21. The van der Waals surface area contributed by atoms with E-state index in [0.717, 1.165) is 18.2 Å². The van der Waals surface area contributed by atoms with E-state index >= 15 is 0 Å². The first-order valence-corrected chi connectivity index (χ1v) is 8.87. The lowest BCUT2D eigenvalue weighted by molar-refractivity contribution is -0.123. The minimum atomic E-state index is -5.09. The first kappa shape index (κ1) is 14.6. The maximum atomic E-state index is 13.7. The molecule has 0 bridgehead atoms. The zero-order valence-electron chi connectivity index (χ0n) is 15.9. The van der Waals surface area contributed by atoms with E-state index in [1.165, 1.54) is 24.3 Å². The van der Waals surface area contributed by atoms with Crippen LogP contribution in [0.3, 0.4) is 0 Å². The van der Waals surface area contributed by atoms with E-state index < -0.39 is 45.1 Å². The summed E-state index contributed by atoms with van der Waals surface area (Å²) in [6, 6.07) is 9.81. The number of hydrogen-bond donors (Lipinski definition) is 1. The summed E-state index contributed by atoms with van der Waals surface area (Å²) in [6.45, 7) is 0. The van der Waals surface area contributed by atoms with Crippen LogP contribution in [0, 0.1) is 5.82 Å². The van der Waals surface area contributed by atoms with Crippen LogP contribution in [0.5, 0.6) is 0 Å². The number of carbonyl (C=O) groups excluding carboxylic acids is 1. The van der Waals surface area contributed by atoms with E-state index in [1.807, 2.05) is 0 Å². The molecule has 2 N–H and O–H groups in total. The van der Waals surface area contributed by atoms with Gasteiger partial charge in [-0.2, -0.15) is 8.42 Å². The molecular weight excluding hydrogens is 385 g/mol. The van der Waals surface area contributed by atoms with E-state index in [2.05, 4.69) is 4.18 Å². The second-order valence-electron chi connectivity index (χ2n) is 5.09. The molecule has 26 heavy (non-hydrogen) atoms. The molecule has 2 aromatic rings. The fourth-order valence-electron chi connectivity index (χ4n) is 2.11. The average molecular weight is 401 g/mol.